The Morgan fingerprint density at radius 1 is 1.28 bits per heavy atom. The molecule has 3 amide bonds. The lowest BCUT2D eigenvalue weighted by molar-refractivity contribution is -0.113. The number of thioether (sulfide) groups is 1. The van der Waals surface area contributed by atoms with Crippen molar-refractivity contribution in [3.63, 3.8) is 0 Å². The third kappa shape index (κ3) is 6.07. The zero-order valence-electron chi connectivity index (χ0n) is 15.2. The number of carbonyl (C=O) groups excluding carboxylic acids is 3. The number of halogens is 1. The first-order valence-electron chi connectivity index (χ1n) is 8.65. The molecule has 1 saturated heterocycles. The fraction of sp³-hybridized carbons (Fsp3) is 0.278. The molecule has 154 valence electrons. The monoisotopic (exact) mass is 546 g/mol. The maximum absolute atomic E-state index is 12.2. The molecule has 1 aliphatic rings. The minimum absolute atomic E-state index is 0.134. The second-order valence-electron chi connectivity index (χ2n) is 6.04. The number of cyclic esters (lactones) is 1. The van der Waals surface area contributed by atoms with Crippen LogP contribution in [0.3, 0.4) is 0 Å². The predicted octanol–water partition coefficient (Wildman–Crippen LogP) is 2.70. The number of nitrogens with one attached hydrogen (secondary N) is 2. The first-order valence-corrected chi connectivity index (χ1v) is 11.7. The highest BCUT2D eigenvalue weighted by atomic mass is 127. The van der Waals surface area contributed by atoms with Crippen LogP contribution < -0.4 is 21.3 Å². The van der Waals surface area contributed by atoms with Gasteiger partial charge in [0, 0.05) is 17.3 Å². The zero-order chi connectivity index (χ0) is 20.8. The van der Waals surface area contributed by atoms with Crippen molar-refractivity contribution >= 4 is 75.0 Å². The van der Waals surface area contributed by atoms with Gasteiger partial charge in [0.05, 0.1) is 26.6 Å². The number of carbonyl (C=O) groups is 3. The number of anilines is 2. The molecule has 2 heterocycles. The molecule has 1 aromatic heterocycles. The number of ether oxygens (including phenoxy) is 1. The minimum atomic E-state index is -0.467. The highest BCUT2D eigenvalue weighted by Crippen LogP contribution is 2.24. The molecule has 3 rings (SSSR count). The summed E-state index contributed by atoms with van der Waals surface area (Å²) in [4.78, 5) is 38.2. The maximum Gasteiger partial charge on any atom is 0.414 e. The fourth-order valence-electron chi connectivity index (χ4n) is 2.64. The van der Waals surface area contributed by atoms with Gasteiger partial charge >= 0.3 is 6.09 Å². The second-order valence-corrected chi connectivity index (χ2v) is 10.0. The summed E-state index contributed by atoms with van der Waals surface area (Å²) in [6.07, 6.45) is -0.899. The molecular formula is C18H19IN4O4S2. The lowest BCUT2D eigenvalue weighted by Gasteiger charge is -2.14. The van der Waals surface area contributed by atoms with Crippen molar-refractivity contribution in [2.45, 2.75) is 6.10 Å². The van der Waals surface area contributed by atoms with Gasteiger partial charge in [-0.1, -0.05) is 0 Å². The summed E-state index contributed by atoms with van der Waals surface area (Å²) in [6.45, 7) is 0.572. The second kappa shape index (κ2) is 10.3. The lowest BCUT2D eigenvalue weighted by atomic mass is 10.2. The minimum Gasteiger partial charge on any atom is -0.442 e. The largest absolute Gasteiger partial charge is 0.442 e. The highest BCUT2D eigenvalue weighted by molar-refractivity contribution is 14.1. The first kappa shape index (κ1) is 21.9. The summed E-state index contributed by atoms with van der Waals surface area (Å²) in [5, 5.41) is 5.57. The zero-order valence-corrected chi connectivity index (χ0v) is 19.0. The molecule has 0 spiro atoms. The normalized spacial score (nSPS) is 15.9. The van der Waals surface area contributed by atoms with Gasteiger partial charge in [0.15, 0.2) is 0 Å². The van der Waals surface area contributed by atoms with Crippen LogP contribution in [0.5, 0.6) is 0 Å². The van der Waals surface area contributed by atoms with Crippen LogP contribution in [0.4, 0.5) is 16.2 Å². The third-order valence-corrected chi connectivity index (χ3v) is 6.57. The Morgan fingerprint density at radius 2 is 2.03 bits per heavy atom. The number of rotatable bonds is 8. The van der Waals surface area contributed by atoms with Crippen molar-refractivity contribution in [1.82, 2.24) is 5.32 Å². The van der Waals surface area contributed by atoms with E-state index in [2.05, 4.69) is 33.2 Å². The number of thiophene rings is 1. The van der Waals surface area contributed by atoms with E-state index in [0.717, 1.165) is 2.88 Å². The predicted molar refractivity (Wildman–Crippen MR) is 124 cm³/mol. The molecule has 1 aromatic carbocycles. The van der Waals surface area contributed by atoms with Gasteiger partial charge in [-0.3, -0.25) is 14.5 Å². The van der Waals surface area contributed by atoms with E-state index in [1.807, 2.05) is 6.07 Å². The Kier molecular flexibility index (Phi) is 7.75. The molecule has 8 nitrogen and oxygen atoms in total. The SMILES string of the molecule is NCSCC(=O)Nc1ccc(N2CC(CNC(=O)c3ccc(I)s3)OC2=O)cc1. The van der Waals surface area contributed by atoms with Gasteiger partial charge in [0.2, 0.25) is 5.91 Å². The Balaban J connectivity index is 1.52. The average Bonchev–Trinajstić information content (AvgIpc) is 3.31. The van der Waals surface area contributed by atoms with Crippen molar-refractivity contribution in [3.05, 3.63) is 44.2 Å². The number of benzene rings is 1. The van der Waals surface area contributed by atoms with Crippen LogP contribution in [0.2, 0.25) is 0 Å². The van der Waals surface area contributed by atoms with E-state index in [1.54, 1.807) is 30.3 Å². The Hall–Kier alpha value is -1.83. The first-order chi connectivity index (χ1) is 14.0. The van der Waals surface area contributed by atoms with Crippen molar-refractivity contribution < 1.29 is 19.1 Å². The van der Waals surface area contributed by atoms with Crippen molar-refractivity contribution in [2.24, 2.45) is 5.73 Å². The van der Waals surface area contributed by atoms with Gasteiger partial charge < -0.3 is 21.1 Å². The molecule has 0 radical (unpaired) electrons. The molecule has 2 aromatic rings. The quantitative estimate of drug-likeness (QED) is 0.347. The van der Waals surface area contributed by atoms with Gasteiger partial charge in [0.1, 0.15) is 6.10 Å². The van der Waals surface area contributed by atoms with E-state index in [0.29, 0.717) is 28.7 Å². The molecule has 0 saturated carbocycles. The highest BCUT2D eigenvalue weighted by Gasteiger charge is 2.32. The summed E-state index contributed by atoms with van der Waals surface area (Å²) >= 11 is 4.90. The molecule has 1 unspecified atom stereocenters. The Labute approximate surface area is 189 Å². The van der Waals surface area contributed by atoms with E-state index in [9.17, 15) is 14.4 Å². The van der Waals surface area contributed by atoms with Gasteiger partial charge in [0.25, 0.3) is 5.91 Å². The van der Waals surface area contributed by atoms with Crippen LogP contribution in [-0.4, -0.2) is 48.7 Å². The number of nitrogens with two attached hydrogens (primary N) is 1. The molecule has 1 aliphatic heterocycles. The number of amides is 3. The number of hydrogen-bond acceptors (Lipinski definition) is 7. The topological polar surface area (TPSA) is 114 Å². The summed E-state index contributed by atoms with van der Waals surface area (Å²) in [6, 6.07) is 10.6. The molecule has 0 aliphatic carbocycles. The summed E-state index contributed by atoms with van der Waals surface area (Å²) in [7, 11) is 0. The smallest absolute Gasteiger partial charge is 0.414 e. The molecule has 1 fully saturated rings. The number of hydrogen-bond donors (Lipinski definition) is 3. The van der Waals surface area contributed by atoms with Crippen LogP contribution in [0.1, 0.15) is 9.67 Å². The Morgan fingerprint density at radius 3 is 2.69 bits per heavy atom. The van der Waals surface area contributed by atoms with Crippen molar-refractivity contribution in [3.8, 4) is 0 Å². The molecule has 11 heteroatoms. The standard InChI is InChI=1S/C18H19IN4O4S2/c19-15-6-5-14(29-15)17(25)21-7-13-8-23(18(26)27-13)12-3-1-11(2-4-12)22-16(24)9-28-10-20/h1-6,13H,7-10,20H2,(H,21,25)(H,22,24). The Bertz CT molecular complexity index is 890. The van der Waals surface area contributed by atoms with Gasteiger partial charge in [-0.25, -0.2) is 4.79 Å². The lowest BCUT2D eigenvalue weighted by Crippen LogP contribution is -2.34. The third-order valence-electron chi connectivity index (χ3n) is 3.98. The number of nitrogens with zero attached hydrogens (tertiary/aromatic N) is 1. The van der Waals surface area contributed by atoms with Crippen LogP contribution in [0.15, 0.2) is 36.4 Å². The van der Waals surface area contributed by atoms with E-state index in [1.165, 1.54) is 28.0 Å². The summed E-state index contributed by atoms with van der Waals surface area (Å²) < 4.78 is 6.38. The molecule has 29 heavy (non-hydrogen) atoms. The summed E-state index contributed by atoms with van der Waals surface area (Å²) in [5.74, 6) is 0.359. The fourth-order valence-corrected chi connectivity index (χ4v) is 4.56. The molecule has 4 N–H and O–H groups in total. The van der Waals surface area contributed by atoms with Crippen molar-refractivity contribution in [2.75, 3.05) is 34.9 Å². The van der Waals surface area contributed by atoms with Crippen LogP contribution >= 0.6 is 45.7 Å². The maximum atomic E-state index is 12.2. The van der Waals surface area contributed by atoms with Gasteiger partial charge in [-0.15, -0.1) is 23.1 Å². The van der Waals surface area contributed by atoms with E-state index >= 15 is 0 Å². The van der Waals surface area contributed by atoms with Gasteiger partial charge in [-0.2, -0.15) is 0 Å². The van der Waals surface area contributed by atoms with Gasteiger partial charge in [-0.05, 0) is 59.0 Å². The van der Waals surface area contributed by atoms with E-state index < -0.39 is 12.2 Å². The molecule has 1 atom stereocenters. The summed E-state index contributed by atoms with van der Waals surface area (Å²) in [5.41, 5.74) is 6.66. The average molecular weight is 546 g/mol. The van der Waals surface area contributed by atoms with Crippen LogP contribution in [-0.2, 0) is 9.53 Å². The van der Waals surface area contributed by atoms with Crippen LogP contribution in [0.25, 0.3) is 0 Å². The van der Waals surface area contributed by atoms with Crippen molar-refractivity contribution in [1.29, 1.82) is 0 Å². The van der Waals surface area contributed by atoms with E-state index in [-0.39, 0.29) is 24.1 Å². The molecular weight excluding hydrogens is 527 g/mol. The molecule has 0 bridgehead atoms. The van der Waals surface area contributed by atoms with E-state index in [4.69, 9.17) is 10.5 Å². The van der Waals surface area contributed by atoms with Crippen LogP contribution in [0, 0.1) is 2.88 Å².